The fourth-order valence-corrected chi connectivity index (χ4v) is 3.16. The number of carbonyl (C=O) groups excluding carboxylic acids is 1. The lowest BCUT2D eigenvalue weighted by molar-refractivity contribution is -0.157. The molecule has 0 aromatic heterocycles. The Morgan fingerprint density at radius 2 is 1.25 bits per heavy atom. The van der Waals surface area contributed by atoms with Crippen LogP contribution in [0.3, 0.4) is 0 Å². The van der Waals surface area contributed by atoms with E-state index in [1.807, 2.05) is 0 Å². The highest BCUT2D eigenvalue weighted by Gasteiger charge is 2.21. The lowest BCUT2D eigenvalue weighted by atomic mass is 10.3. The van der Waals surface area contributed by atoms with Gasteiger partial charge in [-0.1, -0.05) is 69.6 Å². The summed E-state index contributed by atoms with van der Waals surface area (Å²) in [5.74, 6) is -0.0728. The molecular formula is C18H14Cl6O4. The molecule has 0 radical (unpaired) electrons. The zero-order valence-corrected chi connectivity index (χ0v) is 19.1. The third-order valence-electron chi connectivity index (χ3n) is 3.38. The van der Waals surface area contributed by atoms with Crippen molar-refractivity contribution in [3.8, 4) is 11.5 Å². The summed E-state index contributed by atoms with van der Waals surface area (Å²) in [6.07, 6.45) is -1.53. The third kappa shape index (κ3) is 6.38. The minimum atomic E-state index is -0.939. The Morgan fingerprint density at radius 3 is 1.82 bits per heavy atom. The number of esters is 1. The van der Waals surface area contributed by atoms with E-state index in [1.54, 1.807) is 6.92 Å². The average Bonchev–Trinajstić information content (AvgIpc) is 2.61. The molecule has 0 bridgehead atoms. The van der Waals surface area contributed by atoms with Gasteiger partial charge in [-0.2, -0.15) is 0 Å². The molecule has 2 aromatic carbocycles. The van der Waals surface area contributed by atoms with Gasteiger partial charge in [-0.25, -0.2) is 4.79 Å². The summed E-state index contributed by atoms with van der Waals surface area (Å²) in [7, 11) is 0. The molecule has 0 fully saturated rings. The molecule has 0 aliphatic carbocycles. The van der Waals surface area contributed by atoms with Crippen LogP contribution in [0.25, 0.3) is 0 Å². The van der Waals surface area contributed by atoms with E-state index in [4.69, 9.17) is 83.8 Å². The van der Waals surface area contributed by atoms with Crippen molar-refractivity contribution in [3.05, 3.63) is 54.4 Å². The lowest BCUT2D eigenvalue weighted by Crippen LogP contribution is -2.31. The van der Waals surface area contributed by atoms with Gasteiger partial charge in [0.25, 0.3) is 0 Å². The van der Waals surface area contributed by atoms with E-state index < -0.39 is 18.2 Å². The van der Waals surface area contributed by atoms with Crippen molar-refractivity contribution in [2.75, 3.05) is 6.61 Å². The van der Waals surface area contributed by atoms with Crippen LogP contribution in [0.2, 0.25) is 30.1 Å². The highest BCUT2D eigenvalue weighted by molar-refractivity contribution is 6.44. The van der Waals surface area contributed by atoms with E-state index in [9.17, 15) is 4.79 Å². The summed E-state index contributed by atoms with van der Waals surface area (Å²) >= 11 is 35.7. The second kappa shape index (κ2) is 10.3. The van der Waals surface area contributed by atoms with Crippen molar-refractivity contribution in [2.45, 2.75) is 26.1 Å². The Kier molecular flexibility index (Phi) is 8.68. The first-order valence-corrected chi connectivity index (χ1v) is 10.1. The molecule has 0 aliphatic heterocycles. The van der Waals surface area contributed by atoms with E-state index in [2.05, 4.69) is 0 Å². The Balaban J connectivity index is 1.91. The van der Waals surface area contributed by atoms with Gasteiger partial charge >= 0.3 is 5.97 Å². The lowest BCUT2D eigenvalue weighted by Gasteiger charge is -2.19. The van der Waals surface area contributed by atoms with Crippen molar-refractivity contribution in [2.24, 2.45) is 0 Å². The molecule has 0 unspecified atom stereocenters. The molecule has 0 heterocycles. The summed E-state index contributed by atoms with van der Waals surface area (Å²) in [4.78, 5) is 12.2. The van der Waals surface area contributed by atoms with Crippen LogP contribution in [0.1, 0.15) is 13.8 Å². The van der Waals surface area contributed by atoms with Gasteiger partial charge in [0.1, 0.15) is 24.2 Å². The van der Waals surface area contributed by atoms with Gasteiger partial charge in [-0.3, -0.25) is 0 Å². The maximum absolute atomic E-state index is 12.2. The smallest absolute Gasteiger partial charge is 0.347 e. The summed E-state index contributed by atoms with van der Waals surface area (Å²) in [5, 5.41) is 1.65. The number of hydrogen-bond donors (Lipinski definition) is 0. The molecular weight excluding hydrogens is 493 g/mol. The maximum Gasteiger partial charge on any atom is 0.347 e. The predicted molar refractivity (Wildman–Crippen MR) is 114 cm³/mol. The minimum Gasteiger partial charge on any atom is -0.488 e. The highest BCUT2D eigenvalue weighted by atomic mass is 35.5. The fourth-order valence-electron chi connectivity index (χ4n) is 1.98. The molecule has 2 atom stereocenters. The van der Waals surface area contributed by atoms with Crippen molar-refractivity contribution < 1.29 is 19.0 Å². The quantitative estimate of drug-likeness (QED) is 0.290. The maximum atomic E-state index is 12.2. The van der Waals surface area contributed by atoms with E-state index in [-0.39, 0.29) is 27.4 Å². The van der Waals surface area contributed by atoms with Crippen LogP contribution < -0.4 is 9.47 Å². The average molecular weight is 507 g/mol. The zero-order chi connectivity index (χ0) is 21.0. The van der Waals surface area contributed by atoms with Gasteiger partial charge < -0.3 is 14.2 Å². The highest BCUT2D eigenvalue weighted by Crippen LogP contribution is 2.35. The third-order valence-corrected chi connectivity index (χ3v) is 5.41. The number of carbonyl (C=O) groups is 1. The molecule has 0 saturated heterocycles. The number of halogens is 6. The van der Waals surface area contributed by atoms with Crippen molar-refractivity contribution in [1.29, 1.82) is 0 Å². The number of ether oxygens (including phenoxy) is 3. The van der Waals surface area contributed by atoms with E-state index in [0.717, 1.165) is 0 Å². The molecule has 0 spiro atoms. The molecule has 0 aliphatic rings. The van der Waals surface area contributed by atoms with Crippen LogP contribution in [-0.2, 0) is 9.53 Å². The molecule has 2 aromatic rings. The first-order chi connectivity index (χ1) is 13.1. The van der Waals surface area contributed by atoms with Gasteiger partial charge in [0, 0.05) is 12.1 Å². The fraction of sp³-hybridized carbons (Fsp3) is 0.278. The standard InChI is InChI=1S/C18H14Cl6O4/c1-8(7-26-16-5-12(21)10(19)3-14(16)23)27-18(25)9(2)28-17-6-13(22)11(20)4-15(17)24/h3-6,8-9H,7H2,1-2H3/t8-,9+/m0/s1. The number of benzene rings is 2. The van der Waals surface area contributed by atoms with Crippen molar-refractivity contribution in [3.63, 3.8) is 0 Å². The van der Waals surface area contributed by atoms with Crippen molar-refractivity contribution >= 4 is 75.6 Å². The number of hydrogen-bond acceptors (Lipinski definition) is 4. The normalized spacial score (nSPS) is 13.0. The first-order valence-electron chi connectivity index (χ1n) is 7.87. The summed E-state index contributed by atoms with van der Waals surface area (Å²) < 4.78 is 16.3. The van der Waals surface area contributed by atoms with Crippen LogP contribution in [0.5, 0.6) is 11.5 Å². The SMILES string of the molecule is C[C@@H](COc1cc(Cl)c(Cl)cc1Cl)OC(=O)[C@@H](C)Oc1cc(Cl)c(Cl)cc1Cl. The van der Waals surface area contributed by atoms with Crippen LogP contribution in [0.4, 0.5) is 0 Å². The van der Waals surface area contributed by atoms with Crippen LogP contribution in [0, 0.1) is 0 Å². The predicted octanol–water partition coefficient (Wildman–Crippen LogP) is 7.39. The monoisotopic (exact) mass is 504 g/mol. The second-order valence-corrected chi connectivity index (χ2v) is 8.16. The van der Waals surface area contributed by atoms with Crippen LogP contribution >= 0.6 is 69.6 Å². The van der Waals surface area contributed by atoms with E-state index in [1.165, 1.54) is 31.2 Å². The van der Waals surface area contributed by atoms with Gasteiger partial charge in [0.05, 0.1) is 30.1 Å². The van der Waals surface area contributed by atoms with Gasteiger partial charge in [0.15, 0.2) is 6.10 Å². The Morgan fingerprint density at radius 1 is 0.786 bits per heavy atom. The Labute approximate surface area is 192 Å². The van der Waals surface area contributed by atoms with Gasteiger partial charge in [-0.05, 0) is 26.0 Å². The summed E-state index contributed by atoms with van der Waals surface area (Å²) in [6, 6.07) is 5.80. The topological polar surface area (TPSA) is 44.8 Å². The molecule has 152 valence electrons. The summed E-state index contributed by atoms with van der Waals surface area (Å²) in [6.45, 7) is 3.22. The Bertz CT molecular complexity index is 874. The first kappa shape index (κ1) is 23.5. The minimum absolute atomic E-state index is 0.0453. The van der Waals surface area contributed by atoms with Crippen molar-refractivity contribution in [1.82, 2.24) is 0 Å². The molecule has 0 amide bonds. The van der Waals surface area contributed by atoms with Crippen LogP contribution in [-0.4, -0.2) is 24.8 Å². The molecule has 2 rings (SSSR count). The van der Waals surface area contributed by atoms with E-state index in [0.29, 0.717) is 20.8 Å². The zero-order valence-electron chi connectivity index (χ0n) is 14.6. The number of rotatable bonds is 7. The summed E-state index contributed by atoms with van der Waals surface area (Å²) in [5.41, 5.74) is 0. The van der Waals surface area contributed by atoms with Gasteiger partial charge in [-0.15, -0.1) is 0 Å². The van der Waals surface area contributed by atoms with Gasteiger partial charge in [0.2, 0.25) is 0 Å². The molecule has 28 heavy (non-hydrogen) atoms. The molecule has 4 nitrogen and oxygen atoms in total. The van der Waals surface area contributed by atoms with Crippen LogP contribution in [0.15, 0.2) is 24.3 Å². The molecule has 10 heteroatoms. The largest absolute Gasteiger partial charge is 0.488 e. The van der Waals surface area contributed by atoms with E-state index >= 15 is 0 Å². The Hall–Kier alpha value is -0.750. The second-order valence-electron chi connectivity index (χ2n) is 5.71. The molecule has 0 saturated carbocycles. The molecule has 0 N–H and O–H groups in total.